The van der Waals surface area contributed by atoms with Crippen molar-refractivity contribution in [3.63, 3.8) is 0 Å². The molecule has 1 heterocycles. The molecule has 1 aromatic heterocycles. The predicted octanol–water partition coefficient (Wildman–Crippen LogP) is 4.61. The number of rotatable bonds is 6. The number of ether oxygens (including phenoxy) is 2. The van der Waals surface area contributed by atoms with Crippen molar-refractivity contribution >= 4 is 11.9 Å². The Morgan fingerprint density at radius 2 is 1.90 bits per heavy atom. The third-order valence-corrected chi connectivity index (χ3v) is 5.07. The Kier molecular flexibility index (Phi) is 5.47. The molecule has 148 valence electrons. The van der Waals surface area contributed by atoms with Gasteiger partial charge in [-0.2, -0.15) is 5.10 Å². The van der Waals surface area contributed by atoms with E-state index >= 15 is 0 Å². The maximum Gasteiger partial charge on any atom is 0.192 e. The van der Waals surface area contributed by atoms with E-state index in [1.54, 1.807) is 10.9 Å². The predicted molar refractivity (Wildman–Crippen MR) is 112 cm³/mol. The van der Waals surface area contributed by atoms with Gasteiger partial charge in [0.05, 0.1) is 18.4 Å². The van der Waals surface area contributed by atoms with E-state index in [0.29, 0.717) is 36.7 Å². The van der Waals surface area contributed by atoms with Crippen LogP contribution in [0, 0.1) is 0 Å². The van der Waals surface area contributed by atoms with Gasteiger partial charge < -0.3 is 9.47 Å². The molecule has 0 fully saturated rings. The fourth-order valence-electron chi connectivity index (χ4n) is 3.56. The number of hydrogen-bond acceptors (Lipinski definition) is 4. The first kappa shape index (κ1) is 19.0. The fraction of sp³-hybridized carbons (Fsp3) is 0.250. The molecular weight excluding hydrogens is 364 g/mol. The topological polar surface area (TPSA) is 53.4 Å². The second-order valence-corrected chi connectivity index (χ2v) is 7.04. The summed E-state index contributed by atoms with van der Waals surface area (Å²) in [7, 11) is 1.88. The molecule has 0 atom stereocenters. The first-order valence-corrected chi connectivity index (χ1v) is 9.85. The highest BCUT2D eigenvalue weighted by Crippen LogP contribution is 2.32. The maximum atomic E-state index is 12.8. The number of nitrogens with zero attached hydrogens (tertiary/aromatic N) is 2. The van der Waals surface area contributed by atoms with Crippen LogP contribution in [-0.4, -0.2) is 22.2 Å². The SMILES string of the molecule is CCOc1cc(/C=C2\CCc3c(cnn3C)C2=O)ccc1OCc1ccccc1. The van der Waals surface area contributed by atoms with Gasteiger partial charge in [0.25, 0.3) is 0 Å². The highest BCUT2D eigenvalue weighted by Gasteiger charge is 2.25. The van der Waals surface area contributed by atoms with Crippen molar-refractivity contribution in [3.8, 4) is 11.5 Å². The first-order chi connectivity index (χ1) is 14.2. The summed E-state index contributed by atoms with van der Waals surface area (Å²) in [5.74, 6) is 1.44. The van der Waals surface area contributed by atoms with Gasteiger partial charge in [-0.25, -0.2) is 0 Å². The van der Waals surface area contributed by atoms with Gasteiger partial charge in [0.1, 0.15) is 6.61 Å². The second-order valence-electron chi connectivity index (χ2n) is 7.04. The number of carbonyl (C=O) groups excluding carboxylic acids is 1. The molecule has 0 unspecified atom stereocenters. The zero-order chi connectivity index (χ0) is 20.2. The van der Waals surface area contributed by atoms with Gasteiger partial charge in [0.15, 0.2) is 17.3 Å². The molecular formula is C24H24N2O3. The molecule has 0 bridgehead atoms. The highest BCUT2D eigenvalue weighted by molar-refractivity contribution is 6.12. The van der Waals surface area contributed by atoms with Gasteiger partial charge in [0, 0.05) is 18.3 Å². The molecule has 0 saturated heterocycles. The van der Waals surface area contributed by atoms with E-state index in [2.05, 4.69) is 5.10 Å². The number of fused-ring (bicyclic) bond motifs is 1. The lowest BCUT2D eigenvalue weighted by atomic mass is 9.90. The summed E-state index contributed by atoms with van der Waals surface area (Å²) in [4.78, 5) is 12.8. The molecule has 4 rings (SSSR count). The summed E-state index contributed by atoms with van der Waals surface area (Å²) < 4.78 is 13.5. The summed E-state index contributed by atoms with van der Waals surface area (Å²) in [5.41, 5.74) is 4.54. The minimum Gasteiger partial charge on any atom is -0.490 e. The number of allylic oxidation sites excluding steroid dienone is 1. The molecule has 2 aromatic carbocycles. The lowest BCUT2D eigenvalue weighted by molar-refractivity contribution is 0.102. The van der Waals surface area contributed by atoms with E-state index in [0.717, 1.165) is 28.8 Å². The van der Waals surface area contributed by atoms with E-state index < -0.39 is 0 Å². The number of aromatic nitrogens is 2. The van der Waals surface area contributed by atoms with E-state index in [9.17, 15) is 4.79 Å². The van der Waals surface area contributed by atoms with Crippen molar-refractivity contribution in [1.82, 2.24) is 9.78 Å². The smallest absolute Gasteiger partial charge is 0.192 e. The molecule has 1 aliphatic carbocycles. The van der Waals surface area contributed by atoms with Crippen LogP contribution in [0.15, 0.2) is 60.3 Å². The lowest BCUT2D eigenvalue weighted by Gasteiger charge is -2.16. The Hall–Kier alpha value is -3.34. The molecule has 0 saturated carbocycles. The standard InChI is InChI=1S/C24H24N2O3/c1-3-28-23-14-18(9-12-22(23)29-16-17-7-5-4-6-8-17)13-19-10-11-21-20(24(19)27)15-25-26(21)2/h4-9,12-15H,3,10-11,16H2,1-2H3/b19-13+. The van der Waals surface area contributed by atoms with Crippen molar-refractivity contribution in [3.05, 3.63) is 82.7 Å². The molecule has 29 heavy (non-hydrogen) atoms. The zero-order valence-corrected chi connectivity index (χ0v) is 16.7. The van der Waals surface area contributed by atoms with Gasteiger partial charge in [-0.15, -0.1) is 0 Å². The lowest BCUT2D eigenvalue weighted by Crippen LogP contribution is -2.15. The quantitative estimate of drug-likeness (QED) is 0.579. The number of aryl methyl sites for hydroxylation is 1. The van der Waals surface area contributed by atoms with Crippen LogP contribution < -0.4 is 9.47 Å². The van der Waals surface area contributed by atoms with Gasteiger partial charge in [-0.05, 0) is 49.1 Å². The molecule has 0 aliphatic heterocycles. The maximum absolute atomic E-state index is 12.8. The van der Waals surface area contributed by atoms with E-state index in [-0.39, 0.29) is 5.78 Å². The largest absolute Gasteiger partial charge is 0.490 e. The third-order valence-electron chi connectivity index (χ3n) is 5.07. The van der Waals surface area contributed by atoms with E-state index in [4.69, 9.17) is 9.47 Å². The molecule has 1 aliphatic rings. The number of Topliss-reactive ketones (excluding diaryl/α,β-unsaturated/α-hetero) is 1. The first-order valence-electron chi connectivity index (χ1n) is 9.85. The number of ketones is 1. The van der Waals surface area contributed by atoms with Crippen LogP contribution in [0.25, 0.3) is 6.08 Å². The van der Waals surface area contributed by atoms with Crippen molar-refractivity contribution in [2.24, 2.45) is 7.05 Å². The highest BCUT2D eigenvalue weighted by atomic mass is 16.5. The second kappa shape index (κ2) is 8.35. The fourth-order valence-corrected chi connectivity index (χ4v) is 3.56. The summed E-state index contributed by atoms with van der Waals surface area (Å²) in [5, 5.41) is 4.22. The number of carbonyl (C=O) groups is 1. The zero-order valence-electron chi connectivity index (χ0n) is 16.7. The van der Waals surface area contributed by atoms with Crippen LogP contribution in [0.5, 0.6) is 11.5 Å². The van der Waals surface area contributed by atoms with Gasteiger partial charge in [-0.3, -0.25) is 9.48 Å². The third kappa shape index (κ3) is 4.09. The molecule has 5 heteroatoms. The average Bonchev–Trinajstić information content (AvgIpc) is 3.12. The van der Waals surface area contributed by atoms with Crippen LogP contribution in [0.3, 0.4) is 0 Å². The van der Waals surface area contributed by atoms with Crippen LogP contribution in [-0.2, 0) is 20.1 Å². The Morgan fingerprint density at radius 1 is 1.07 bits per heavy atom. The molecule has 5 nitrogen and oxygen atoms in total. The normalized spacial score (nSPS) is 14.7. The Morgan fingerprint density at radius 3 is 2.69 bits per heavy atom. The number of benzene rings is 2. The number of hydrogen-bond donors (Lipinski definition) is 0. The molecule has 0 N–H and O–H groups in total. The van der Waals surface area contributed by atoms with Crippen LogP contribution in [0.4, 0.5) is 0 Å². The molecule has 0 spiro atoms. The minimum atomic E-state index is 0.0571. The van der Waals surface area contributed by atoms with Gasteiger partial charge >= 0.3 is 0 Å². The van der Waals surface area contributed by atoms with Crippen LogP contribution >= 0.6 is 0 Å². The molecule has 3 aromatic rings. The Labute approximate surface area is 170 Å². The Balaban J connectivity index is 1.56. The summed E-state index contributed by atoms with van der Waals surface area (Å²) in [6, 6.07) is 15.8. The van der Waals surface area contributed by atoms with Gasteiger partial charge in [-0.1, -0.05) is 36.4 Å². The van der Waals surface area contributed by atoms with E-state index in [1.165, 1.54) is 0 Å². The van der Waals surface area contributed by atoms with Gasteiger partial charge in [0.2, 0.25) is 0 Å². The van der Waals surface area contributed by atoms with E-state index in [1.807, 2.05) is 68.6 Å². The average molecular weight is 388 g/mol. The summed E-state index contributed by atoms with van der Waals surface area (Å²) in [6.45, 7) is 2.96. The monoisotopic (exact) mass is 388 g/mol. The van der Waals surface area contributed by atoms with Crippen LogP contribution in [0.1, 0.15) is 40.5 Å². The summed E-state index contributed by atoms with van der Waals surface area (Å²) in [6.07, 6.45) is 5.14. The van der Waals surface area contributed by atoms with Crippen molar-refractivity contribution in [1.29, 1.82) is 0 Å². The van der Waals surface area contributed by atoms with Crippen molar-refractivity contribution < 1.29 is 14.3 Å². The summed E-state index contributed by atoms with van der Waals surface area (Å²) >= 11 is 0. The van der Waals surface area contributed by atoms with Crippen LogP contribution in [0.2, 0.25) is 0 Å². The van der Waals surface area contributed by atoms with Crippen molar-refractivity contribution in [2.45, 2.75) is 26.4 Å². The Bertz CT molecular complexity index is 1050. The molecule has 0 radical (unpaired) electrons. The minimum absolute atomic E-state index is 0.0571. The van der Waals surface area contributed by atoms with Crippen molar-refractivity contribution in [2.75, 3.05) is 6.61 Å². The molecule has 0 amide bonds.